The lowest BCUT2D eigenvalue weighted by molar-refractivity contribution is 0.340. The van der Waals surface area contributed by atoms with E-state index in [0.717, 1.165) is 12.2 Å². The van der Waals surface area contributed by atoms with Crippen LogP contribution in [-0.4, -0.2) is 6.61 Å². The lowest BCUT2D eigenvalue weighted by Gasteiger charge is -2.12. The van der Waals surface area contributed by atoms with E-state index in [1.807, 2.05) is 19.1 Å². The predicted molar refractivity (Wildman–Crippen MR) is 75.9 cm³/mol. The van der Waals surface area contributed by atoms with E-state index in [0.29, 0.717) is 6.61 Å². The molecule has 3 heteroatoms. The number of ether oxygens (including phenoxy) is 1. The molecular formula is C14H24ClNO. The average molecular weight is 258 g/mol. The van der Waals surface area contributed by atoms with Crippen molar-refractivity contribution in [2.24, 2.45) is 5.73 Å². The molecule has 0 aromatic heterocycles. The monoisotopic (exact) mass is 257 g/mol. The third kappa shape index (κ3) is 5.94. The highest BCUT2D eigenvalue weighted by molar-refractivity contribution is 5.85. The topological polar surface area (TPSA) is 35.2 Å². The van der Waals surface area contributed by atoms with E-state index >= 15 is 0 Å². The number of benzene rings is 1. The van der Waals surface area contributed by atoms with Gasteiger partial charge in [0.15, 0.2) is 0 Å². The summed E-state index contributed by atoms with van der Waals surface area (Å²) in [5.41, 5.74) is 7.33. The molecule has 1 rings (SSSR count). The molecule has 1 aromatic rings. The van der Waals surface area contributed by atoms with Crippen molar-refractivity contribution in [1.82, 2.24) is 0 Å². The molecule has 0 heterocycles. The minimum Gasteiger partial charge on any atom is -0.494 e. The van der Waals surface area contributed by atoms with Gasteiger partial charge < -0.3 is 10.5 Å². The van der Waals surface area contributed by atoms with Crippen LogP contribution in [0.15, 0.2) is 24.3 Å². The Bertz CT molecular complexity index is 287. The molecule has 0 aliphatic rings. The molecule has 0 saturated heterocycles. The first-order valence-electron chi connectivity index (χ1n) is 6.26. The molecule has 0 aliphatic heterocycles. The molecule has 0 aliphatic carbocycles. The van der Waals surface area contributed by atoms with E-state index in [9.17, 15) is 0 Å². The number of hydrogen-bond donors (Lipinski definition) is 1. The van der Waals surface area contributed by atoms with Crippen LogP contribution in [0.3, 0.4) is 0 Å². The number of halogens is 1. The molecule has 17 heavy (non-hydrogen) atoms. The second-order valence-electron chi connectivity index (χ2n) is 4.10. The zero-order valence-electron chi connectivity index (χ0n) is 10.8. The van der Waals surface area contributed by atoms with Gasteiger partial charge >= 0.3 is 0 Å². The van der Waals surface area contributed by atoms with Crippen molar-refractivity contribution in [3.8, 4) is 5.75 Å². The van der Waals surface area contributed by atoms with Crippen LogP contribution in [0.5, 0.6) is 5.75 Å². The molecule has 0 radical (unpaired) electrons. The van der Waals surface area contributed by atoms with Crippen molar-refractivity contribution in [3.05, 3.63) is 29.8 Å². The van der Waals surface area contributed by atoms with Crippen molar-refractivity contribution in [3.63, 3.8) is 0 Å². The van der Waals surface area contributed by atoms with E-state index in [1.165, 1.54) is 24.8 Å². The SMILES string of the molecule is CCCCC[C@H](N)c1ccc(OCC)cc1.Cl. The summed E-state index contributed by atoms with van der Waals surface area (Å²) in [5, 5.41) is 0. The van der Waals surface area contributed by atoms with Crippen LogP contribution in [0, 0.1) is 0 Å². The van der Waals surface area contributed by atoms with Crippen LogP contribution >= 0.6 is 12.4 Å². The Morgan fingerprint density at radius 2 is 1.76 bits per heavy atom. The van der Waals surface area contributed by atoms with E-state index < -0.39 is 0 Å². The summed E-state index contributed by atoms with van der Waals surface area (Å²) in [4.78, 5) is 0. The van der Waals surface area contributed by atoms with Gasteiger partial charge in [0, 0.05) is 6.04 Å². The third-order valence-electron chi connectivity index (χ3n) is 2.74. The summed E-state index contributed by atoms with van der Waals surface area (Å²) in [6.45, 7) is 4.91. The molecule has 0 unspecified atom stereocenters. The molecule has 1 atom stereocenters. The molecule has 2 N–H and O–H groups in total. The van der Waals surface area contributed by atoms with Gasteiger partial charge in [-0.15, -0.1) is 12.4 Å². The highest BCUT2D eigenvalue weighted by Gasteiger charge is 2.05. The van der Waals surface area contributed by atoms with Crippen LogP contribution in [0.25, 0.3) is 0 Å². The maximum absolute atomic E-state index is 6.12. The first-order valence-corrected chi connectivity index (χ1v) is 6.26. The minimum atomic E-state index is 0. The summed E-state index contributed by atoms with van der Waals surface area (Å²) in [6.07, 6.45) is 4.80. The van der Waals surface area contributed by atoms with Crippen molar-refractivity contribution >= 4 is 12.4 Å². The molecule has 0 bridgehead atoms. The second kappa shape index (κ2) is 9.32. The highest BCUT2D eigenvalue weighted by Crippen LogP contribution is 2.20. The van der Waals surface area contributed by atoms with Crippen LogP contribution in [-0.2, 0) is 0 Å². The van der Waals surface area contributed by atoms with Gasteiger partial charge in [-0.25, -0.2) is 0 Å². The fourth-order valence-corrected chi connectivity index (χ4v) is 1.76. The fourth-order valence-electron chi connectivity index (χ4n) is 1.76. The third-order valence-corrected chi connectivity index (χ3v) is 2.74. The molecule has 0 saturated carbocycles. The van der Waals surface area contributed by atoms with E-state index in [1.54, 1.807) is 0 Å². The zero-order valence-corrected chi connectivity index (χ0v) is 11.6. The first kappa shape index (κ1) is 16.3. The standard InChI is InChI=1S/C14H23NO.ClH/c1-3-5-6-7-14(15)12-8-10-13(11-9-12)16-4-2;/h8-11,14H,3-7,15H2,1-2H3;1H/t14-;/m0./s1. The minimum absolute atomic E-state index is 0. The molecule has 2 nitrogen and oxygen atoms in total. The normalized spacial score (nSPS) is 11.7. The largest absolute Gasteiger partial charge is 0.494 e. The van der Waals surface area contributed by atoms with Gasteiger partial charge in [-0.2, -0.15) is 0 Å². The van der Waals surface area contributed by atoms with Crippen molar-refractivity contribution in [1.29, 1.82) is 0 Å². The first-order chi connectivity index (χ1) is 7.77. The zero-order chi connectivity index (χ0) is 11.8. The maximum atomic E-state index is 6.12. The highest BCUT2D eigenvalue weighted by atomic mass is 35.5. The maximum Gasteiger partial charge on any atom is 0.119 e. The number of hydrogen-bond acceptors (Lipinski definition) is 2. The summed E-state index contributed by atoms with van der Waals surface area (Å²) in [7, 11) is 0. The smallest absolute Gasteiger partial charge is 0.119 e. The Morgan fingerprint density at radius 1 is 1.12 bits per heavy atom. The van der Waals surface area contributed by atoms with Crippen LogP contribution < -0.4 is 10.5 Å². The van der Waals surface area contributed by atoms with E-state index in [-0.39, 0.29) is 18.4 Å². The Kier molecular flexibility index (Phi) is 8.92. The summed E-state index contributed by atoms with van der Waals surface area (Å²) in [5.74, 6) is 0.923. The van der Waals surface area contributed by atoms with E-state index in [2.05, 4.69) is 19.1 Å². The van der Waals surface area contributed by atoms with Crippen LogP contribution in [0.4, 0.5) is 0 Å². The van der Waals surface area contributed by atoms with Gasteiger partial charge in [-0.05, 0) is 31.0 Å². The van der Waals surface area contributed by atoms with Crippen LogP contribution in [0.1, 0.15) is 51.1 Å². The Hall–Kier alpha value is -0.730. The fraction of sp³-hybridized carbons (Fsp3) is 0.571. The van der Waals surface area contributed by atoms with Crippen molar-refractivity contribution in [2.75, 3.05) is 6.61 Å². The number of unbranched alkanes of at least 4 members (excludes halogenated alkanes) is 2. The van der Waals surface area contributed by atoms with Gasteiger partial charge in [0.1, 0.15) is 5.75 Å². The van der Waals surface area contributed by atoms with Gasteiger partial charge in [-0.1, -0.05) is 38.3 Å². The summed E-state index contributed by atoms with van der Waals surface area (Å²) < 4.78 is 5.40. The quantitative estimate of drug-likeness (QED) is 0.747. The molecule has 1 aromatic carbocycles. The van der Waals surface area contributed by atoms with Crippen LogP contribution in [0.2, 0.25) is 0 Å². The van der Waals surface area contributed by atoms with Crippen molar-refractivity contribution < 1.29 is 4.74 Å². The average Bonchev–Trinajstić information content (AvgIpc) is 2.30. The lowest BCUT2D eigenvalue weighted by Crippen LogP contribution is -2.09. The van der Waals surface area contributed by atoms with Gasteiger partial charge in [0.25, 0.3) is 0 Å². The molecule has 0 fully saturated rings. The Balaban J connectivity index is 0.00000256. The summed E-state index contributed by atoms with van der Waals surface area (Å²) >= 11 is 0. The Morgan fingerprint density at radius 3 is 2.29 bits per heavy atom. The van der Waals surface area contributed by atoms with Gasteiger partial charge in [-0.3, -0.25) is 0 Å². The van der Waals surface area contributed by atoms with Gasteiger partial charge in [0.2, 0.25) is 0 Å². The second-order valence-corrected chi connectivity index (χ2v) is 4.10. The van der Waals surface area contributed by atoms with E-state index in [4.69, 9.17) is 10.5 Å². The lowest BCUT2D eigenvalue weighted by atomic mass is 10.0. The molecular weight excluding hydrogens is 234 g/mol. The molecule has 98 valence electrons. The summed E-state index contributed by atoms with van der Waals surface area (Å²) in [6, 6.07) is 8.31. The molecule has 0 amide bonds. The number of nitrogens with two attached hydrogens (primary N) is 1. The molecule has 0 spiro atoms. The predicted octanol–water partition coefficient (Wildman–Crippen LogP) is 4.09. The number of rotatable bonds is 7. The Labute approximate surface area is 111 Å². The van der Waals surface area contributed by atoms with Crippen molar-refractivity contribution in [2.45, 2.75) is 45.6 Å². The van der Waals surface area contributed by atoms with Gasteiger partial charge in [0.05, 0.1) is 6.61 Å².